The normalized spacial score (nSPS) is 12.7. The third-order valence-electron chi connectivity index (χ3n) is 3.26. The van der Waals surface area contributed by atoms with E-state index in [1.807, 2.05) is 23.7 Å². The van der Waals surface area contributed by atoms with E-state index in [9.17, 15) is 0 Å². The lowest BCUT2D eigenvalue weighted by molar-refractivity contribution is 0.517. The van der Waals surface area contributed by atoms with Crippen LogP contribution in [0, 0.1) is 6.92 Å². The molecule has 2 rings (SSSR count). The molecule has 0 fully saturated rings. The molecule has 1 heterocycles. The molecule has 6 heteroatoms. The van der Waals surface area contributed by atoms with Crippen molar-refractivity contribution >= 4 is 23.2 Å². The zero-order valence-corrected chi connectivity index (χ0v) is 13.0. The Morgan fingerprint density at radius 1 is 1.40 bits per heavy atom. The van der Waals surface area contributed by atoms with Crippen molar-refractivity contribution in [3.05, 3.63) is 51.3 Å². The summed E-state index contributed by atoms with van der Waals surface area (Å²) in [6, 6.07) is 7.52. The highest BCUT2D eigenvalue weighted by Crippen LogP contribution is 2.31. The van der Waals surface area contributed by atoms with E-state index < -0.39 is 0 Å². The molecule has 0 bridgehead atoms. The fraction of sp³-hybridized carbons (Fsp3) is 0.357. The van der Waals surface area contributed by atoms with Crippen LogP contribution in [0.3, 0.4) is 0 Å². The first-order chi connectivity index (χ1) is 9.56. The van der Waals surface area contributed by atoms with E-state index in [-0.39, 0.29) is 6.04 Å². The van der Waals surface area contributed by atoms with Crippen LogP contribution in [-0.2, 0) is 13.0 Å². The van der Waals surface area contributed by atoms with Crippen LogP contribution < -0.4 is 11.3 Å². The van der Waals surface area contributed by atoms with Gasteiger partial charge < -0.3 is 0 Å². The maximum absolute atomic E-state index is 6.26. The Bertz CT molecular complexity index is 595. The summed E-state index contributed by atoms with van der Waals surface area (Å²) in [5, 5.41) is 5.51. The van der Waals surface area contributed by atoms with E-state index in [2.05, 4.69) is 23.5 Å². The number of halogens is 2. The van der Waals surface area contributed by atoms with Crippen molar-refractivity contribution in [3.63, 3.8) is 0 Å². The van der Waals surface area contributed by atoms with Crippen molar-refractivity contribution in [1.82, 2.24) is 15.2 Å². The summed E-state index contributed by atoms with van der Waals surface area (Å²) >= 11 is 12.3. The molecule has 108 valence electrons. The van der Waals surface area contributed by atoms with Crippen molar-refractivity contribution in [3.8, 4) is 0 Å². The average Bonchev–Trinajstić information content (AvgIpc) is 2.79. The molecule has 0 aliphatic heterocycles. The van der Waals surface area contributed by atoms with Gasteiger partial charge in [0, 0.05) is 18.7 Å². The van der Waals surface area contributed by atoms with Crippen LogP contribution in [0.1, 0.15) is 29.9 Å². The number of nitrogens with two attached hydrogens (primary N) is 1. The van der Waals surface area contributed by atoms with Gasteiger partial charge in [-0.15, -0.1) is 0 Å². The lowest BCUT2D eigenvalue weighted by atomic mass is 10.0. The summed E-state index contributed by atoms with van der Waals surface area (Å²) in [5.74, 6) is 5.69. The molecule has 1 unspecified atom stereocenters. The summed E-state index contributed by atoms with van der Waals surface area (Å²) in [6.07, 6.45) is 0.700. The molecule has 2 aromatic rings. The number of aromatic nitrogens is 2. The Morgan fingerprint density at radius 2 is 2.15 bits per heavy atom. The maximum atomic E-state index is 6.26. The van der Waals surface area contributed by atoms with E-state index in [4.69, 9.17) is 29.0 Å². The monoisotopic (exact) mass is 312 g/mol. The van der Waals surface area contributed by atoms with Gasteiger partial charge in [0.25, 0.3) is 0 Å². The lowest BCUT2D eigenvalue weighted by Gasteiger charge is -2.18. The summed E-state index contributed by atoms with van der Waals surface area (Å²) in [6.45, 7) is 4.86. The summed E-state index contributed by atoms with van der Waals surface area (Å²) in [7, 11) is 0. The largest absolute Gasteiger partial charge is 0.271 e. The van der Waals surface area contributed by atoms with Gasteiger partial charge in [0.05, 0.1) is 21.8 Å². The highest BCUT2D eigenvalue weighted by molar-refractivity contribution is 6.42. The van der Waals surface area contributed by atoms with Crippen molar-refractivity contribution < 1.29 is 0 Å². The minimum absolute atomic E-state index is 0.109. The van der Waals surface area contributed by atoms with E-state index in [0.29, 0.717) is 16.5 Å². The van der Waals surface area contributed by atoms with Gasteiger partial charge in [-0.1, -0.05) is 35.3 Å². The highest BCUT2D eigenvalue weighted by atomic mass is 35.5. The molecule has 0 aliphatic carbocycles. The molecule has 3 N–H and O–H groups in total. The van der Waals surface area contributed by atoms with E-state index >= 15 is 0 Å². The molecule has 0 saturated carbocycles. The molecule has 0 radical (unpaired) electrons. The standard InChI is InChI=1S/C14H18Cl2N4/c1-3-20-10(7-9(2)19-20)8-13(18-17)11-5-4-6-12(15)14(11)16/h4-7,13,18H,3,8,17H2,1-2H3. The van der Waals surface area contributed by atoms with Gasteiger partial charge in [-0.2, -0.15) is 5.10 Å². The van der Waals surface area contributed by atoms with Gasteiger partial charge in [-0.3, -0.25) is 16.0 Å². The van der Waals surface area contributed by atoms with Crippen LogP contribution in [-0.4, -0.2) is 9.78 Å². The molecule has 1 aromatic heterocycles. The second-order valence-electron chi connectivity index (χ2n) is 4.66. The minimum atomic E-state index is -0.109. The number of hydrogen-bond acceptors (Lipinski definition) is 3. The highest BCUT2D eigenvalue weighted by Gasteiger charge is 2.18. The van der Waals surface area contributed by atoms with Gasteiger partial charge >= 0.3 is 0 Å². The van der Waals surface area contributed by atoms with E-state index in [1.54, 1.807) is 6.07 Å². The number of hydrazine groups is 1. The first-order valence-electron chi connectivity index (χ1n) is 6.50. The Kier molecular flexibility index (Phi) is 5.05. The molecule has 20 heavy (non-hydrogen) atoms. The number of rotatable bonds is 5. The van der Waals surface area contributed by atoms with Gasteiger partial charge in [0.1, 0.15) is 0 Å². The van der Waals surface area contributed by atoms with Crippen LogP contribution in [0.5, 0.6) is 0 Å². The van der Waals surface area contributed by atoms with Gasteiger partial charge in [0.15, 0.2) is 0 Å². The summed E-state index contributed by atoms with van der Waals surface area (Å²) < 4.78 is 1.97. The Hall–Kier alpha value is -1.07. The zero-order valence-electron chi connectivity index (χ0n) is 11.5. The fourth-order valence-electron chi connectivity index (χ4n) is 2.29. The third kappa shape index (κ3) is 3.15. The maximum Gasteiger partial charge on any atom is 0.0640 e. The Morgan fingerprint density at radius 3 is 2.80 bits per heavy atom. The molecule has 0 spiro atoms. The minimum Gasteiger partial charge on any atom is -0.271 e. The quantitative estimate of drug-likeness (QED) is 0.658. The molecule has 0 aliphatic rings. The van der Waals surface area contributed by atoms with Crippen LogP contribution in [0.15, 0.2) is 24.3 Å². The lowest BCUT2D eigenvalue weighted by Crippen LogP contribution is -2.30. The van der Waals surface area contributed by atoms with Crippen molar-refractivity contribution in [1.29, 1.82) is 0 Å². The third-order valence-corrected chi connectivity index (χ3v) is 4.09. The second-order valence-corrected chi connectivity index (χ2v) is 5.44. The Balaban J connectivity index is 2.31. The first-order valence-corrected chi connectivity index (χ1v) is 7.25. The van der Waals surface area contributed by atoms with E-state index in [1.165, 1.54) is 0 Å². The molecule has 1 aromatic carbocycles. The summed E-state index contributed by atoms with van der Waals surface area (Å²) in [5.41, 5.74) is 5.81. The Labute approximate surface area is 128 Å². The number of benzene rings is 1. The molecular formula is C14H18Cl2N4. The van der Waals surface area contributed by atoms with Crippen LogP contribution in [0.2, 0.25) is 10.0 Å². The smallest absolute Gasteiger partial charge is 0.0640 e. The van der Waals surface area contributed by atoms with Crippen molar-refractivity contribution in [2.45, 2.75) is 32.9 Å². The fourth-order valence-corrected chi connectivity index (χ4v) is 2.73. The SMILES string of the molecule is CCn1nc(C)cc1CC(NN)c1cccc(Cl)c1Cl. The molecule has 1 atom stereocenters. The number of aryl methyl sites for hydroxylation is 2. The van der Waals surface area contributed by atoms with Gasteiger partial charge in [-0.05, 0) is 31.5 Å². The molecule has 0 amide bonds. The van der Waals surface area contributed by atoms with Crippen LogP contribution in [0.25, 0.3) is 0 Å². The predicted molar refractivity (Wildman–Crippen MR) is 82.9 cm³/mol. The predicted octanol–water partition coefficient (Wildman–Crippen LogP) is 3.27. The molecular weight excluding hydrogens is 295 g/mol. The topological polar surface area (TPSA) is 55.9 Å². The van der Waals surface area contributed by atoms with Gasteiger partial charge in [-0.25, -0.2) is 0 Å². The number of nitrogens with one attached hydrogen (secondary N) is 1. The van der Waals surface area contributed by atoms with Crippen molar-refractivity contribution in [2.24, 2.45) is 5.84 Å². The zero-order chi connectivity index (χ0) is 14.7. The number of hydrogen-bond donors (Lipinski definition) is 2. The first kappa shape index (κ1) is 15.3. The van der Waals surface area contributed by atoms with Crippen molar-refractivity contribution in [2.75, 3.05) is 0 Å². The van der Waals surface area contributed by atoms with Crippen LogP contribution >= 0.6 is 23.2 Å². The molecule has 0 saturated heterocycles. The van der Waals surface area contributed by atoms with Crippen LogP contribution in [0.4, 0.5) is 0 Å². The van der Waals surface area contributed by atoms with Gasteiger partial charge in [0.2, 0.25) is 0 Å². The summed E-state index contributed by atoms with van der Waals surface area (Å²) in [4.78, 5) is 0. The van der Waals surface area contributed by atoms with E-state index in [0.717, 1.165) is 23.5 Å². The molecule has 4 nitrogen and oxygen atoms in total. The average molecular weight is 313 g/mol. The number of nitrogens with zero attached hydrogens (tertiary/aromatic N) is 2. The second kappa shape index (κ2) is 6.59.